The molecule has 0 aromatic heterocycles. The normalized spacial score (nSPS) is 17.1. The number of hydrogen-bond acceptors (Lipinski definition) is 0. The molecular formula is C14H29. The lowest BCUT2D eigenvalue weighted by Gasteiger charge is -2.28. The Hall–Kier alpha value is 0. The first kappa shape index (κ1) is 14.0. The molecule has 0 spiro atoms. The van der Waals surface area contributed by atoms with E-state index in [2.05, 4.69) is 48.5 Å². The summed E-state index contributed by atoms with van der Waals surface area (Å²) in [5, 5.41) is 0. The molecule has 0 amide bonds. The van der Waals surface area contributed by atoms with Crippen LogP contribution in [0, 0.1) is 23.2 Å². The van der Waals surface area contributed by atoms with Gasteiger partial charge in [0.1, 0.15) is 0 Å². The maximum absolute atomic E-state index is 2.40. The van der Waals surface area contributed by atoms with E-state index in [0.29, 0.717) is 5.41 Å². The molecule has 0 saturated heterocycles. The quantitative estimate of drug-likeness (QED) is 0.576. The van der Waals surface area contributed by atoms with Crippen molar-refractivity contribution in [3.63, 3.8) is 0 Å². The van der Waals surface area contributed by atoms with Crippen LogP contribution < -0.4 is 0 Å². The molecule has 14 heavy (non-hydrogen) atoms. The molecule has 0 N–H and O–H groups in total. The minimum atomic E-state index is 0.485. The molecule has 0 heteroatoms. The Morgan fingerprint density at radius 1 is 1.00 bits per heavy atom. The summed E-state index contributed by atoms with van der Waals surface area (Å²) < 4.78 is 0. The van der Waals surface area contributed by atoms with Gasteiger partial charge in [-0.2, -0.15) is 0 Å². The maximum atomic E-state index is 2.40. The first-order valence-corrected chi connectivity index (χ1v) is 6.01. The Kier molecular flexibility index (Phi) is 5.78. The summed E-state index contributed by atoms with van der Waals surface area (Å²) >= 11 is 0. The van der Waals surface area contributed by atoms with Gasteiger partial charge in [0.05, 0.1) is 0 Å². The van der Waals surface area contributed by atoms with Gasteiger partial charge in [-0.25, -0.2) is 0 Å². The highest BCUT2D eigenvalue weighted by Crippen LogP contribution is 2.31. The Morgan fingerprint density at radius 3 is 1.86 bits per heavy atom. The molecule has 0 aromatic carbocycles. The Labute approximate surface area is 91.5 Å². The van der Waals surface area contributed by atoms with Crippen LogP contribution in [0.4, 0.5) is 0 Å². The monoisotopic (exact) mass is 197 g/mol. The van der Waals surface area contributed by atoms with Gasteiger partial charge >= 0.3 is 0 Å². The average Bonchev–Trinajstić information content (AvgIpc) is 1.96. The highest BCUT2D eigenvalue weighted by atomic mass is 14.2. The summed E-state index contributed by atoms with van der Waals surface area (Å²) in [6.07, 6.45) is 4.01. The fourth-order valence-electron chi connectivity index (χ4n) is 1.97. The minimum Gasteiger partial charge on any atom is -0.0623 e. The molecule has 0 aliphatic carbocycles. The van der Waals surface area contributed by atoms with E-state index in [1.807, 2.05) is 0 Å². The van der Waals surface area contributed by atoms with Crippen LogP contribution in [0.1, 0.15) is 67.7 Å². The molecule has 0 fully saturated rings. The zero-order chi connectivity index (χ0) is 11.4. The molecule has 1 radical (unpaired) electrons. The Balaban J connectivity index is 3.82. The van der Waals surface area contributed by atoms with Gasteiger partial charge in [-0.1, -0.05) is 48.5 Å². The summed E-state index contributed by atoms with van der Waals surface area (Å²) in [6, 6.07) is 0. The van der Waals surface area contributed by atoms with Gasteiger partial charge in [0, 0.05) is 0 Å². The van der Waals surface area contributed by atoms with Crippen molar-refractivity contribution in [1.82, 2.24) is 0 Å². The standard InChI is InChI=1S/C14H29/c1-11(2)8-9-12(3)13(4)10-14(5,6)7/h12-13H,8-10H2,1-7H3. The molecule has 0 aliphatic rings. The van der Waals surface area contributed by atoms with Crippen molar-refractivity contribution in [1.29, 1.82) is 0 Å². The molecule has 0 aromatic rings. The van der Waals surface area contributed by atoms with E-state index in [4.69, 9.17) is 0 Å². The second-order valence-electron chi connectivity index (χ2n) is 6.47. The van der Waals surface area contributed by atoms with E-state index in [-0.39, 0.29) is 0 Å². The first-order chi connectivity index (χ1) is 6.22. The number of rotatable bonds is 5. The SMILES string of the molecule is C[C](C)CCC(C)C(C)CC(C)(C)C. The molecule has 0 aliphatic heterocycles. The zero-order valence-corrected chi connectivity index (χ0v) is 11.3. The second-order valence-corrected chi connectivity index (χ2v) is 6.47. The third-order valence-corrected chi connectivity index (χ3v) is 3.01. The lowest BCUT2D eigenvalue weighted by molar-refractivity contribution is 0.240. The minimum absolute atomic E-state index is 0.485. The summed E-state index contributed by atoms with van der Waals surface area (Å²) in [4.78, 5) is 0. The number of hydrogen-bond donors (Lipinski definition) is 0. The van der Waals surface area contributed by atoms with Crippen molar-refractivity contribution in [2.24, 2.45) is 17.3 Å². The van der Waals surface area contributed by atoms with Crippen molar-refractivity contribution in [3.05, 3.63) is 5.92 Å². The molecule has 85 valence electrons. The largest absolute Gasteiger partial charge is 0.0623 e. The van der Waals surface area contributed by atoms with Gasteiger partial charge in [0.15, 0.2) is 0 Å². The van der Waals surface area contributed by atoms with Gasteiger partial charge < -0.3 is 0 Å². The van der Waals surface area contributed by atoms with Crippen molar-refractivity contribution in [2.75, 3.05) is 0 Å². The Bertz CT molecular complexity index is 139. The summed E-state index contributed by atoms with van der Waals surface area (Å²) in [7, 11) is 0. The average molecular weight is 197 g/mol. The predicted octanol–water partition coefficient (Wildman–Crippen LogP) is 5.09. The maximum Gasteiger partial charge on any atom is -0.0303 e. The fourth-order valence-corrected chi connectivity index (χ4v) is 1.97. The lowest BCUT2D eigenvalue weighted by Crippen LogP contribution is -2.17. The van der Waals surface area contributed by atoms with E-state index >= 15 is 0 Å². The topological polar surface area (TPSA) is 0 Å². The lowest BCUT2D eigenvalue weighted by atomic mass is 9.78. The highest BCUT2D eigenvalue weighted by molar-refractivity contribution is 4.79. The van der Waals surface area contributed by atoms with Crippen LogP contribution >= 0.6 is 0 Å². The summed E-state index contributed by atoms with van der Waals surface area (Å²) in [5.41, 5.74) is 0.485. The molecule has 0 saturated carbocycles. The van der Waals surface area contributed by atoms with Crippen LogP contribution in [0.3, 0.4) is 0 Å². The van der Waals surface area contributed by atoms with Crippen molar-refractivity contribution < 1.29 is 0 Å². The molecule has 0 bridgehead atoms. The second kappa shape index (κ2) is 5.78. The van der Waals surface area contributed by atoms with Gasteiger partial charge in [-0.3, -0.25) is 0 Å². The van der Waals surface area contributed by atoms with Gasteiger partial charge in [0.25, 0.3) is 0 Å². The zero-order valence-electron chi connectivity index (χ0n) is 11.3. The molecular weight excluding hydrogens is 168 g/mol. The first-order valence-electron chi connectivity index (χ1n) is 6.01. The van der Waals surface area contributed by atoms with Gasteiger partial charge in [0.2, 0.25) is 0 Å². The summed E-state index contributed by atoms with van der Waals surface area (Å²) in [5.74, 6) is 3.29. The van der Waals surface area contributed by atoms with Crippen molar-refractivity contribution in [3.8, 4) is 0 Å². The highest BCUT2D eigenvalue weighted by Gasteiger charge is 2.19. The third-order valence-electron chi connectivity index (χ3n) is 3.01. The molecule has 2 atom stereocenters. The fraction of sp³-hybridized carbons (Fsp3) is 0.929. The van der Waals surface area contributed by atoms with E-state index in [9.17, 15) is 0 Å². The molecule has 0 heterocycles. The molecule has 0 rings (SSSR count). The van der Waals surface area contributed by atoms with Crippen LogP contribution in [0.2, 0.25) is 0 Å². The molecule has 0 nitrogen and oxygen atoms in total. The van der Waals surface area contributed by atoms with Crippen LogP contribution in [0.25, 0.3) is 0 Å². The third kappa shape index (κ3) is 7.41. The van der Waals surface area contributed by atoms with Crippen LogP contribution in [0.5, 0.6) is 0 Å². The van der Waals surface area contributed by atoms with Gasteiger partial charge in [-0.15, -0.1) is 0 Å². The van der Waals surface area contributed by atoms with E-state index in [0.717, 1.165) is 11.8 Å². The van der Waals surface area contributed by atoms with E-state index in [1.54, 1.807) is 5.92 Å². The van der Waals surface area contributed by atoms with E-state index < -0.39 is 0 Å². The van der Waals surface area contributed by atoms with Crippen LogP contribution in [0.15, 0.2) is 0 Å². The van der Waals surface area contributed by atoms with Crippen LogP contribution in [-0.2, 0) is 0 Å². The van der Waals surface area contributed by atoms with Crippen molar-refractivity contribution in [2.45, 2.75) is 67.7 Å². The molecule has 2 unspecified atom stereocenters. The smallest absolute Gasteiger partial charge is 0.0303 e. The predicted molar refractivity (Wildman–Crippen MR) is 66.2 cm³/mol. The summed E-state index contributed by atoms with van der Waals surface area (Å²) in [6.45, 7) is 16.3. The van der Waals surface area contributed by atoms with Crippen LogP contribution in [-0.4, -0.2) is 0 Å². The van der Waals surface area contributed by atoms with Crippen molar-refractivity contribution >= 4 is 0 Å². The van der Waals surface area contributed by atoms with Gasteiger partial charge in [-0.05, 0) is 42.4 Å². The van der Waals surface area contributed by atoms with E-state index in [1.165, 1.54) is 19.3 Å². The Morgan fingerprint density at radius 2 is 1.50 bits per heavy atom.